The van der Waals surface area contributed by atoms with Gasteiger partial charge in [-0.2, -0.15) is 0 Å². The van der Waals surface area contributed by atoms with Gasteiger partial charge in [-0.1, -0.05) is 19.9 Å². The minimum atomic E-state index is -0.559. The van der Waals surface area contributed by atoms with E-state index in [0.29, 0.717) is 39.3 Å². The van der Waals surface area contributed by atoms with Crippen LogP contribution < -0.4 is 10.1 Å². The summed E-state index contributed by atoms with van der Waals surface area (Å²) in [6.45, 7) is 7.30. The van der Waals surface area contributed by atoms with Crippen molar-refractivity contribution in [2.75, 3.05) is 51.7 Å². The average Bonchev–Trinajstić information content (AvgIpc) is 3.54. The van der Waals surface area contributed by atoms with E-state index in [1.54, 1.807) is 13.3 Å². The Hall–Kier alpha value is -2.98. The first-order valence-corrected chi connectivity index (χ1v) is 13.2. The highest BCUT2D eigenvalue weighted by Gasteiger charge is 2.82. The molecule has 1 saturated carbocycles. The van der Waals surface area contributed by atoms with Gasteiger partial charge in [-0.25, -0.2) is 4.98 Å². The number of fused-ring (bicyclic) bond motifs is 2. The van der Waals surface area contributed by atoms with Crippen LogP contribution >= 0.6 is 11.3 Å². The van der Waals surface area contributed by atoms with E-state index in [0.717, 1.165) is 22.0 Å². The van der Waals surface area contributed by atoms with Crippen LogP contribution in [0.5, 0.6) is 5.75 Å². The zero-order chi connectivity index (χ0) is 25.3. The van der Waals surface area contributed by atoms with Gasteiger partial charge in [-0.3, -0.25) is 19.3 Å². The van der Waals surface area contributed by atoms with Gasteiger partial charge in [0.1, 0.15) is 11.5 Å². The number of hydrogen-bond acceptors (Lipinski definition) is 8. The van der Waals surface area contributed by atoms with E-state index < -0.39 is 10.8 Å². The molecular weight excluding hydrogens is 478 g/mol. The van der Waals surface area contributed by atoms with E-state index in [4.69, 9.17) is 4.74 Å². The molecule has 9 nitrogen and oxygen atoms in total. The van der Waals surface area contributed by atoms with Crippen molar-refractivity contribution in [3.63, 3.8) is 0 Å². The fourth-order valence-electron chi connectivity index (χ4n) is 7.22. The van der Waals surface area contributed by atoms with Crippen molar-refractivity contribution in [2.45, 2.75) is 26.9 Å². The summed E-state index contributed by atoms with van der Waals surface area (Å²) in [4.78, 5) is 49.9. The molecule has 4 fully saturated rings. The lowest BCUT2D eigenvalue weighted by atomic mass is 9.39. The molecule has 2 aromatic rings. The molecule has 190 valence electrons. The molecule has 1 spiro atoms. The second-order valence-electron chi connectivity index (χ2n) is 11.1. The zero-order valence-electron chi connectivity index (χ0n) is 20.9. The Kier molecular flexibility index (Phi) is 5.21. The third-order valence-corrected chi connectivity index (χ3v) is 9.82. The molecular formula is C26H31N5O4S. The number of Topliss-reactive ketones (excluding diaryl/α,β-unsaturated/α-hetero) is 1. The third kappa shape index (κ3) is 3.16. The summed E-state index contributed by atoms with van der Waals surface area (Å²) in [7, 11) is 1.65. The minimum Gasteiger partial charge on any atom is -0.496 e. The molecule has 4 aliphatic rings. The monoisotopic (exact) mass is 509 g/mol. The number of nitrogens with one attached hydrogen (secondary N) is 1. The Morgan fingerprint density at radius 1 is 1.03 bits per heavy atom. The molecule has 1 aromatic heterocycles. The van der Waals surface area contributed by atoms with Crippen LogP contribution in [0.3, 0.4) is 0 Å². The number of benzene rings is 1. The van der Waals surface area contributed by atoms with Crippen LogP contribution in [0.25, 0.3) is 0 Å². The van der Waals surface area contributed by atoms with Crippen molar-refractivity contribution >= 4 is 34.1 Å². The van der Waals surface area contributed by atoms with Gasteiger partial charge in [-0.15, -0.1) is 11.3 Å². The molecule has 2 unspecified atom stereocenters. The maximum absolute atomic E-state index is 13.4. The Morgan fingerprint density at radius 3 is 2.28 bits per heavy atom. The highest BCUT2D eigenvalue weighted by molar-refractivity contribution is 7.13. The van der Waals surface area contributed by atoms with Crippen LogP contribution in [-0.2, 0) is 27.5 Å². The highest BCUT2D eigenvalue weighted by Crippen LogP contribution is 2.71. The third-order valence-electron chi connectivity index (χ3n) is 9.09. The number of carbonyl (C=O) groups excluding carboxylic acids is 3. The van der Waals surface area contributed by atoms with Crippen molar-refractivity contribution in [1.29, 1.82) is 0 Å². The molecule has 36 heavy (non-hydrogen) atoms. The number of methoxy groups -OCH3 is 1. The average molecular weight is 510 g/mol. The Labute approximate surface area is 214 Å². The lowest BCUT2D eigenvalue weighted by Gasteiger charge is -2.59. The number of carbonyl (C=O) groups is 3. The molecule has 4 heterocycles. The summed E-state index contributed by atoms with van der Waals surface area (Å²) in [6.07, 6.45) is 1.76. The van der Waals surface area contributed by atoms with Gasteiger partial charge in [-0.05, 0) is 17.7 Å². The number of amides is 2. The first-order chi connectivity index (χ1) is 17.2. The first-order valence-electron chi connectivity index (χ1n) is 12.3. The van der Waals surface area contributed by atoms with E-state index in [1.165, 1.54) is 11.3 Å². The standard InChI is InChI=1S/C26H31N5O4S/c1-24-13-30-15-26(24)16-31(14-25(26,2)22(24)34)21(33)12-29(11-20(30)32)10-17-4-5-19(35-3)18(8-17)9-28-23-27-6-7-36-23/h4-8H,9-16H2,1-3H3,(H,27,28). The summed E-state index contributed by atoms with van der Waals surface area (Å²) in [5.41, 5.74) is 0.541. The van der Waals surface area contributed by atoms with Crippen molar-refractivity contribution in [2.24, 2.45) is 16.2 Å². The fourth-order valence-corrected chi connectivity index (χ4v) is 7.75. The van der Waals surface area contributed by atoms with Gasteiger partial charge in [0.05, 0.1) is 31.0 Å². The van der Waals surface area contributed by atoms with Crippen LogP contribution in [0.4, 0.5) is 5.13 Å². The summed E-state index contributed by atoms with van der Waals surface area (Å²) >= 11 is 1.53. The maximum atomic E-state index is 13.4. The largest absolute Gasteiger partial charge is 0.496 e. The predicted molar refractivity (Wildman–Crippen MR) is 135 cm³/mol. The quantitative estimate of drug-likeness (QED) is 0.635. The Balaban J connectivity index is 1.24. The maximum Gasteiger partial charge on any atom is 0.236 e. The van der Waals surface area contributed by atoms with Crippen molar-refractivity contribution in [3.05, 3.63) is 40.9 Å². The molecule has 1 aliphatic carbocycles. The van der Waals surface area contributed by atoms with E-state index in [1.807, 2.05) is 46.1 Å². The van der Waals surface area contributed by atoms with Crippen LogP contribution in [0.2, 0.25) is 0 Å². The number of aromatic nitrogens is 1. The summed E-state index contributed by atoms with van der Waals surface area (Å²) < 4.78 is 5.55. The molecule has 2 amide bonds. The van der Waals surface area contributed by atoms with Gasteiger partial charge < -0.3 is 19.9 Å². The van der Waals surface area contributed by atoms with E-state index in [9.17, 15) is 14.4 Å². The molecule has 0 radical (unpaired) electrons. The van der Waals surface area contributed by atoms with Crippen LogP contribution in [0, 0.1) is 16.2 Å². The second-order valence-corrected chi connectivity index (χ2v) is 12.0. The summed E-state index contributed by atoms with van der Waals surface area (Å²) in [5, 5.41) is 6.07. The smallest absolute Gasteiger partial charge is 0.236 e. The topological polar surface area (TPSA) is 95.1 Å². The highest BCUT2D eigenvalue weighted by atomic mass is 32.1. The lowest BCUT2D eigenvalue weighted by Crippen LogP contribution is -2.70. The number of nitrogens with zero attached hydrogens (tertiary/aromatic N) is 4. The summed E-state index contributed by atoms with van der Waals surface area (Å²) in [6, 6.07) is 5.96. The van der Waals surface area contributed by atoms with E-state index in [-0.39, 0.29) is 36.1 Å². The van der Waals surface area contributed by atoms with Gasteiger partial charge in [0.15, 0.2) is 5.13 Å². The molecule has 6 rings (SSSR count). The first kappa shape index (κ1) is 23.4. The normalized spacial score (nSPS) is 31.6. The van der Waals surface area contributed by atoms with Gasteiger partial charge in [0, 0.05) is 61.8 Å². The number of ketones is 1. The molecule has 3 aliphatic heterocycles. The second kappa shape index (κ2) is 8.01. The van der Waals surface area contributed by atoms with Crippen molar-refractivity contribution < 1.29 is 19.1 Å². The zero-order valence-corrected chi connectivity index (χ0v) is 21.7. The number of rotatable bonds is 6. The summed E-state index contributed by atoms with van der Waals surface area (Å²) in [5.74, 6) is 0.951. The number of thiazole rings is 1. The number of anilines is 1. The van der Waals surface area contributed by atoms with Crippen LogP contribution in [-0.4, -0.2) is 83.7 Å². The number of ether oxygens (including phenoxy) is 1. The Bertz CT molecular complexity index is 1200. The molecule has 1 aromatic carbocycles. The van der Waals surface area contributed by atoms with Crippen molar-refractivity contribution in [1.82, 2.24) is 19.7 Å². The van der Waals surface area contributed by atoms with Crippen LogP contribution in [0.15, 0.2) is 29.8 Å². The van der Waals surface area contributed by atoms with Crippen molar-refractivity contribution in [3.8, 4) is 5.75 Å². The molecule has 2 atom stereocenters. The SMILES string of the molecule is COc1ccc(CN2CC(=O)N3CC4(C)C(=O)C5(C)CN(CC45C3)C(=O)C2)cc1CNc1nccs1. The molecule has 3 saturated heterocycles. The molecule has 3 bridgehead atoms. The van der Waals surface area contributed by atoms with Crippen LogP contribution in [0.1, 0.15) is 25.0 Å². The molecule has 10 heteroatoms. The van der Waals surface area contributed by atoms with Gasteiger partial charge >= 0.3 is 0 Å². The predicted octanol–water partition coefficient (Wildman–Crippen LogP) is 1.85. The molecule has 1 N–H and O–H groups in total. The van der Waals surface area contributed by atoms with E-state index >= 15 is 0 Å². The minimum absolute atomic E-state index is 0.0116. The number of hydrogen-bond donors (Lipinski definition) is 1. The Morgan fingerprint density at radius 2 is 1.69 bits per heavy atom. The van der Waals surface area contributed by atoms with Gasteiger partial charge in [0.25, 0.3) is 0 Å². The van der Waals surface area contributed by atoms with E-state index in [2.05, 4.69) is 16.4 Å². The van der Waals surface area contributed by atoms with Gasteiger partial charge in [0.2, 0.25) is 11.8 Å². The fraction of sp³-hybridized carbons (Fsp3) is 0.538. The lowest BCUT2D eigenvalue weighted by molar-refractivity contribution is -0.175.